The van der Waals surface area contributed by atoms with Crippen LogP contribution in [0.5, 0.6) is 0 Å². The summed E-state index contributed by atoms with van der Waals surface area (Å²) in [5, 5.41) is 11.3. The minimum atomic E-state index is 0.568. The minimum absolute atomic E-state index is 0.568. The Labute approximate surface area is 131 Å². The summed E-state index contributed by atoms with van der Waals surface area (Å²) in [4.78, 5) is 4.30. The molecule has 0 saturated heterocycles. The third kappa shape index (κ3) is 3.67. The molecule has 0 bridgehead atoms. The predicted octanol–water partition coefficient (Wildman–Crippen LogP) is 2.48. The summed E-state index contributed by atoms with van der Waals surface area (Å²) >= 11 is 0. The zero-order valence-electron chi connectivity index (χ0n) is 13.0. The summed E-state index contributed by atoms with van der Waals surface area (Å²) < 4.78 is 1.89. The van der Waals surface area contributed by atoms with Gasteiger partial charge in [-0.05, 0) is 25.0 Å². The van der Waals surface area contributed by atoms with E-state index >= 15 is 0 Å². The van der Waals surface area contributed by atoms with Crippen molar-refractivity contribution in [2.24, 2.45) is 4.99 Å². The number of aromatic nitrogens is 2. The van der Waals surface area contributed by atoms with E-state index < -0.39 is 0 Å². The molecule has 1 aliphatic rings. The van der Waals surface area contributed by atoms with Crippen LogP contribution in [0, 0.1) is 0 Å². The molecule has 1 heterocycles. The van der Waals surface area contributed by atoms with Crippen LogP contribution in [0.15, 0.2) is 47.7 Å². The topological polar surface area (TPSA) is 54.2 Å². The second-order valence-electron chi connectivity index (χ2n) is 5.68. The minimum Gasteiger partial charge on any atom is -0.354 e. The molecule has 0 spiro atoms. The summed E-state index contributed by atoms with van der Waals surface area (Å²) in [5.74, 6) is 0.874. The van der Waals surface area contributed by atoms with Gasteiger partial charge in [0.15, 0.2) is 5.96 Å². The molecule has 22 heavy (non-hydrogen) atoms. The van der Waals surface area contributed by atoms with Crippen molar-refractivity contribution in [1.82, 2.24) is 20.4 Å². The van der Waals surface area contributed by atoms with Crippen molar-refractivity contribution in [2.45, 2.75) is 38.3 Å². The molecule has 1 fully saturated rings. The first-order chi connectivity index (χ1) is 10.8. The van der Waals surface area contributed by atoms with Gasteiger partial charge in [0.05, 0.1) is 11.9 Å². The van der Waals surface area contributed by atoms with E-state index in [4.69, 9.17) is 0 Å². The number of aliphatic imine (C=N–C) groups is 1. The standard InChI is InChI=1S/C17H23N5/c1-18-17(21-15-7-5-6-8-15)19-11-14-12-20-22(13-14)16-9-3-2-4-10-16/h2-4,9-10,12-13,15H,5-8,11H2,1H3,(H2,18,19,21). The van der Waals surface area contributed by atoms with Crippen molar-refractivity contribution in [3.63, 3.8) is 0 Å². The Morgan fingerprint density at radius 3 is 2.77 bits per heavy atom. The SMILES string of the molecule is CN=C(NCc1cnn(-c2ccccc2)c1)NC1CCCC1. The Morgan fingerprint density at radius 1 is 1.27 bits per heavy atom. The lowest BCUT2D eigenvalue weighted by molar-refractivity contribution is 0.613. The zero-order chi connectivity index (χ0) is 15.2. The summed E-state index contributed by atoms with van der Waals surface area (Å²) in [7, 11) is 1.82. The third-order valence-electron chi connectivity index (χ3n) is 4.04. The lowest BCUT2D eigenvalue weighted by atomic mass is 10.2. The molecule has 0 unspecified atom stereocenters. The Kier molecular flexibility index (Phi) is 4.73. The van der Waals surface area contributed by atoms with Crippen molar-refractivity contribution in [2.75, 3.05) is 7.05 Å². The number of rotatable bonds is 4. The van der Waals surface area contributed by atoms with Crippen molar-refractivity contribution in [3.05, 3.63) is 48.3 Å². The average molecular weight is 297 g/mol. The molecule has 0 atom stereocenters. The van der Waals surface area contributed by atoms with E-state index in [1.54, 1.807) is 0 Å². The number of nitrogens with zero attached hydrogens (tertiary/aromatic N) is 3. The lowest BCUT2D eigenvalue weighted by Gasteiger charge is -2.16. The first-order valence-electron chi connectivity index (χ1n) is 7.91. The van der Waals surface area contributed by atoms with Gasteiger partial charge in [-0.2, -0.15) is 5.10 Å². The zero-order valence-corrected chi connectivity index (χ0v) is 13.0. The monoisotopic (exact) mass is 297 g/mol. The molecule has 0 aliphatic heterocycles. The van der Waals surface area contributed by atoms with Gasteiger partial charge in [0.2, 0.25) is 0 Å². The van der Waals surface area contributed by atoms with Crippen molar-refractivity contribution >= 4 is 5.96 Å². The van der Waals surface area contributed by atoms with E-state index in [2.05, 4.69) is 20.7 Å². The van der Waals surface area contributed by atoms with Crippen LogP contribution in [0.3, 0.4) is 0 Å². The van der Waals surface area contributed by atoms with Crippen LogP contribution in [0.2, 0.25) is 0 Å². The summed E-state index contributed by atoms with van der Waals surface area (Å²) in [6.45, 7) is 0.721. The number of benzene rings is 1. The highest BCUT2D eigenvalue weighted by Crippen LogP contribution is 2.17. The van der Waals surface area contributed by atoms with Gasteiger partial charge in [-0.1, -0.05) is 31.0 Å². The van der Waals surface area contributed by atoms with E-state index in [-0.39, 0.29) is 0 Å². The Hall–Kier alpha value is -2.30. The van der Waals surface area contributed by atoms with Crippen LogP contribution in [0.25, 0.3) is 5.69 Å². The highest BCUT2D eigenvalue weighted by atomic mass is 15.3. The van der Waals surface area contributed by atoms with Crippen molar-refractivity contribution < 1.29 is 0 Å². The molecule has 1 aromatic heterocycles. The second kappa shape index (κ2) is 7.11. The smallest absolute Gasteiger partial charge is 0.191 e. The van der Waals surface area contributed by atoms with Gasteiger partial charge in [-0.15, -0.1) is 0 Å². The molecule has 2 aromatic rings. The molecule has 5 nitrogen and oxygen atoms in total. The molecule has 2 N–H and O–H groups in total. The van der Waals surface area contributed by atoms with Gasteiger partial charge in [0.25, 0.3) is 0 Å². The molecular weight excluding hydrogens is 274 g/mol. The third-order valence-corrected chi connectivity index (χ3v) is 4.04. The average Bonchev–Trinajstić information content (AvgIpc) is 3.24. The van der Waals surface area contributed by atoms with Crippen LogP contribution in [0.1, 0.15) is 31.2 Å². The number of hydrogen-bond donors (Lipinski definition) is 2. The Bertz CT molecular complexity index is 611. The van der Waals surface area contributed by atoms with E-state index in [0.29, 0.717) is 6.04 Å². The lowest BCUT2D eigenvalue weighted by Crippen LogP contribution is -2.41. The number of para-hydroxylation sites is 1. The molecule has 1 saturated carbocycles. The van der Waals surface area contributed by atoms with Gasteiger partial charge < -0.3 is 10.6 Å². The van der Waals surface area contributed by atoms with Crippen molar-refractivity contribution in [1.29, 1.82) is 0 Å². The van der Waals surface area contributed by atoms with Crippen LogP contribution in [0.4, 0.5) is 0 Å². The van der Waals surface area contributed by atoms with Crippen molar-refractivity contribution in [3.8, 4) is 5.69 Å². The normalized spacial score (nSPS) is 16.0. The van der Waals surface area contributed by atoms with Gasteiger partial charge in [-0.25, -0.2) is 4.68 Å². The molecule has 5 heteroatoms. The Morgan fingerprint density at radius 2 is 2.05 bits per heavy atom. The first-order valence-corrected chi connectivity index (χ1v) is 7.91. The summed E-state index contributed by atoms with van der Waals surface area (Å²) in [6.07, 6.45) is 9.06. The predicted molar refractivity (Wildman–Crippen MR) is 89.2 cm³/mol. The van der Waals surface area contributed by atoms with Gasteiger partial charge in [-0.3, -0.25) is 4.99 Å². The molecule has 116 valence electrons. The maximum Gasteiger partial charge on any atom is 0.191 e. The number of nitrogens with one attached hydrogen (secondary N) is 2. The first kappa shape index (κ1) is 14.6. The van der Waals surface area contributed by atoms with Crippen LogP contribution < -0.4 is 10.6 Å². The molecule has 1 aliphatic carbocycles. The van der Waals surface area contributed by atoms with Gasteiger partial charge >= 0.3 is 0 Å². The highest BCUT2D eigenvalue weighted by molar-refractivity contribution is 5.79. The molecule has 0 amide bonds. The fraction of sp³-hybridized carbons (Fsp3) is 0.412. The van der Waals surface area contributed by atoms with E-state index in [0.717, 1.165) is 23.8 Å². The van der Waals surface area contributed by atoms with Crippen LogP contribution in [-0.2, 0) is 6.54 Å². The van der Waals surface area contributed by atoms with E-state index in [1.165, 1.54) is 25.7 Å². The van der Waals surface area contributed by atoms with Crippen LogP contribution in [-0.4, -0.2) is 28.8 Å². The fourth-order valence-electron chi connectivity index (χ4n) is 2.82. The maximum absolute atomic E-state index is 4.41. The van der Waals surface area contributed by atoms with Gasteiger partial charge in [0, 0.05) is 31.4 Å². The van der Waals surface area contributed by atoms with E-state index in [1.807, 2.05) is 54.5 Å². The largest absolute Gasteiger partial charge is 0.354 e. The molecule has 1 aromatic carbocycles. The van der Waals surface area contributed by atoms with Crippen LogP contribution >= 0.6 is 0 Å². The number of hydrogen-bond acceptors (Lipinski definition) is 2. The summed E-state index contributed by atoms with van der Waals surface area (Å²) in [6, 6.07) is 10.7. The molecule has 3 rings (SSSR count). The fourth-order valence-corrected chi connectivity index (χ4v) is 2.82. The highest BCUT2D eigenvalue weighted by Gasteiger charge is 2.15. The van der Waals surface area contributed by atoms with Gasteiger partial charge in [0.1, 0.15) is 0 Å². The molecular formula is C17H23N5. The quantitative estimate of drug-likeness (QED) is 0.673. The maximum atomic E-state index is 4.41. The van der Waals surface area contributed by atoms with E-state index in [9.17, 15) is 0 Å². The second-order valence-corrected chi connectivity index (χ2v) is 5.68. The number of guanidine groups is 1. The Balaban J connectivity index is 1.56. The summed E-state index contributed by atoms with van der Waals surface area (Å²) in [5.41, 5.74) is 2.21. The molecule has 0 radical (unpaired) electrons.